The highest BCUT2D eigenvalue weighted by molar-refractivity contribution is 5.83. The van der Waals surface area contributed by atoms with Crippen molar-refractivity contribution in [2.24, 2.45) is 18.9 Å². The molecule has 2 atom stereocenters. The molecule has 2 aromatic heterocycles. The average Bonchev–Trinajstić information content (AvgIpc) is 3.28. The van der Waals surface area contributed by atoms with Gasteiger partial charge < -0.3 is 14.4 Å². The topological polar surface area (TPSA) is 80.5 Å². The van der Waals surface area contributed by atoms with Crippen molar-refractivity contribution in [3.63, 3.8) is 0 Å². The Morgan fingerprint density at radius 3 is 2.91 bits per heavy atom. The molecule has 1 N–H and O–H groups in total. The first-order valence-electron chi connectivity index (χ1n) is 12.3. The quantitative estimate of drug-likeness (QED) is 0.469. The van der Waals surface area contributed by atoms with E-state index in [1.807, 2.05) is 29.9 Å². The van der Waals surface area contributed by atoms with Crippen molar-refractivity contribution < 1.29 is 14.6 Å². The van der Waals surface area contributed by atoms with Gasteiger partial charge in [0.2, 0.25) is 0 Å². The number of hydrogen-bond donors (Lipinski definition) is 1. The smallest absolute Gasteiger partial charge is 0.303 e. The Morgan fingerprint density at radius 2 is 2.14 bits per heavy atom. The van der Waals surface area contributed by atoms with E-state index in [2.05, 4.69) is 38.8 Å². The maximum atomic E-state index is 11.3. The van der Waals surface area contributed by atoms with Crippen LogP contribution in [-0.2, 0) is 18.3 Å². The number of piperidine rings is 1. The second kappa shape index (κ2) is 11.9. The third kappa shape index (κ3) is 6.61. The number of methoxy groups -OCH3 is 1. The third-order valence-corrected chi connectivity index (χ3v) is 7.10. The summed E-state index contributed by atoms with van der Waals surface area (Å²) in [6.07, 6.45) is 10.6. The van der Waals surface area contributed by atoms with Crippen LogP contribution in [0.2, 0.25) is 0 Å². The van der Waals surface area contributed by atoms with Gasteiger partial charge in [0.25, 0.3) is 0 Å². The summed E-state index contributed by atoms with van der Waals surface area (Å²) in [6, 6.07) is 8.12. The zero-order valence-corrected chi connectivity index (χ0v) is 20.6. The molecule has 0 spiro atoms. The molecular weight excluding hydrogens is 440 g/mol. The first-order chi connectivity index (χ1) is 17.0. The fraction of sp³-hybridized carbons (Fsp3) is 0.464. The minimum atomic E-state index is -0.714. The van der Waals surface area contributed by atoms with Crippen molar-refractivity contribution in [2.75, 3.05) is 26.7 Å². The molecule has 0 bridgehead atoms. The van der Waals surface area contributed by atoms with Crippen LogP contribution < -0.4 is 4.74 Å². The van der Waals surface area contributed by atoms with E-state index < -0.39 is 5.97 Å². The Balaban J connectivity index is 1.36. The van der Waals surface area contributed by atoms with E-state index in [0.717, 1.165) is 67.5 Å². The molecule has 7 heteroatoms. The van der Waals surface area contributed by atoms with Gasteiger partial charge in [-0.05, 0) is 86.2 Å². The molecular formula is C28H34N4O3. The van der Waals surface area contributed by atoms with Crippen LogP contribution in [0.5, 0.6) is 5.75 Å². The molecule has 7 nitrogen and oxygen atoms in total. The van der Waals surface area contributed by atoms with Crippen LogP contribution in [0.3, 0.4) is 0 Å². The summed E-state index contributed by atoms with van der Waals surface area (Å²) in [5.74, 6) is 7.52. The highest BCUT2D eigenvalue weighted by Crippen LogP contribution is 2.32. The summed E-state index contributed by atoms with van der Waals surface area (Å²) < 4.78 is 7.32. The fourth-order valence-electron chi connectivity index (χ4n) is 5.12. The van der Waals surface area contributed by atoms with Gasteiger partial charge in [0.05, 0.1) is 31.7 Å². The van der Waals surface area contributed by atoms with Crippen LogP contribution >= 0.6 is 0 Å². The monoisotopic (exact) mass is 474 g/mol. The largest absolute Gasteiger partial charge is 0.497 e. The summed E-state index contributed by atoms with van der Waals surface area (Å²) >= 11 is 0. The van der Waals surface area contributed by atoms with Gasteiger partial charge >= 0.3 is 5.97 Å². The maximum absolute atomic E-state index is 11.3. The number of nitrogens with zero attached hydrogens (tertiary/aromatic N) is 4. The van der Waals surface area contributed by atoms with Gasteiger partial charge in [-0.25, -0.2) is 4.98 Å². The van der Waals surface area contributed by atoms with Crippen molar-refractivity contribution in [2.45, 2.75) is 38.5 Å². The highest BCUT2D eigenvalue weighted by atomic mass is 16.5. The minimum Gasteiger partial charge on any atom is -0.497 e. The predicted molar refractivity (Wildman–Crippen MR) is 136 cm³/mol. The number of carbonyl (C=O) groups is 1. The molecule has 1 aliphatic heterocycles. The van der Waals surface area contributed by atoms with E-state index in [0.29, 0.717) is 18.4 Å². The van der Waals surface area contributed by atoms with E-state index >= 15 is 0 Å². The lowest BCUT2D eigenvalue weighted by Gasteiger charge is -2.38. The van der Waals surface area contributed by atoms with Gasteiger partial charge in [-0.3, -0.25) is 14.7 Å². The van der Waals surface area contributed by atoms with Crippen LogP contribution in [0.25, 0.3) is 10.9 Å². The fourth-order valence-corrected chi connectivity index (χ4v) is 5.12. The van der Waals surface area contributed by atoms with Crippen LogP contribution in [0.4, 0.5) is 0 Å². The van der Waals surface area contributed by atoms with E-state index in [1.54, 1.807) is 19.6 Å². The number of imidazole rings is 1. The number of fused-ring (bicyclic) bond motifs is 1. The summed E-state index contributed by atoms with van der Waals surface area (Å²) in [4.78, 5) is 22.2. The second-order valence-electron chi connectivity index (χ2n) is 9.41. The highest BCUT2D eigenvalue weighted by Gasteiger charge is 2.29. The molecule has 4 rings (SSSR count). The number of aromatic nitrogens is 3. The molecule has 1 fully saturated rings. The molecule has 0 amide bonds. The molecule has 35 heavy (non-hydrogen) atoms. The van der Waals surface area contributed by atoms with Gasteiger partial charge in [-0.15, -0.1) is 0 Å². The Hall–Kier alpha value is -3.37. The van der Waals surface area contributed by atoms with Gasteiger partial charge in [-0.1, -0.05) is 5.92 Å². The van der Waals surface area contributed by atoms with Crippen LogP contribution in [0.15, 0.2) is 43.0 Å². The molecule has 0 saturated carbocycles. The molecule has 0 aliphatic carbocycles. The van der Waals surface area contributed by atoms with E-state index in [4.69, 9.17) is 4.74 Å². The number of ether oxygens (including phenoxy) is 1. The minimum absolute atomic E-state index is 0.227. The number of aliphatic carboxylic acids is 1. The van der Waals surface area contributed by atoms with Gasteiger partial charge in [0.1, 0.15) is 11.4 Å². The number of hydrogen-bond acceptors (Lipinski definition) is 5. The maximum Gasteiger partial charge on any atom is 0.303 e. The Labute approximate surface area is 207 Å². The van der Waals surface area contributed by atoms with Gasteiger partial charge in [0, 0.05) is 31.6 Å². The molecule has 0 radical (unpaired) electrons. The standard InChI is InChI=1S/C28H34N4O3/c1-31-20-29-18-24(31)7-4-15-32-16-13-21(23(19-32)8-11-28(33)34)5-3-6-22-12-14-30-27-10-9-25(35-2)17-26(22)27/h9-10,12,14,17-18,20-21,23H,3,5-6,8,11,13,15-16,19H2,1-2H3,(H,33,34)/t21-,23+/m1/s1. The third-order valence-electron chi connectivity index (χ3n) is 7.10. The number of pyridine rings is 1. The lowest BCUT2D eigenvalue weighted by molar-refractivity contribution is -0.137. The Morgan fingerprint density at radius 1 is 1.26 bits per heavy atom. The van der Waals surface area contributed by atoms with E-state index in [-0.39, 0.29) is 6.42 Å². The van der Waals surface area contributed by atoms with E-state index in [9.17, 15) is 9.90 Å². The molecule has 1 saturated heterocycles. The lowest BCUT2D eigenvalue weighted by Crippen LogP contribution is -2.41. The van der Waals surface area contributed by atoms with Crippen LogP contribution in [-0.4, -0.2) is 57.3 Å². The second-order valence-corrected chi connectivity index (χ2v) is 9.41. The Kier molecular flexibility index (Phi) is 8.38. The molecule has 0 unspecified atom stereocenters. The van der Waals surface area contributed by atoms with Gasteiger partial charge in [-0.2, -0.15) is 0 Å². The van der Waals surface area contributed by atoms with Crippen molar-refractivity contribution in [1.82, 2.24) is 19.4 Å². The Bertz CT molecular complexity index is 1210. The number of likely N-dealkylation sites (tertiary alicyclic amines) is 1. The summed E-state index contributed by atoms with van der Waals surface area (Å²) in [6.45, 7) is 2.61. The number of carboxylic acid groups (broad SMARTS) is 1. The zero-order chi connectivity index (χ0) is 24.6. The lowest BCUT2D eigenvalue weighted by atomic mass is 9.79. The normalized spacial score (nSPS) is 18.2. The van der Waals surface area contributed by atoms with Gasteiger partial charge in [0.15, 0.2) is 0 Å². The van der Waals surface area contributed by atoms with Crippen molar-refractivity contribution in [3.05, 3.63) is 54.2 Å². The van der Waals surface area contributed by atoms with Crippen molar-refractivity contribution in [1.29, 1.82) is 0 Å². The molecule has 1 aromatic carbocycles. The summed E-state index contributed by atoms with van der Waals surface area (Å²) in [7, 11) is 3.63. The SMILES string of the molecule is COc1ccc2nccc(CCC[C@@H]3CCN(CC#Cc4cncn4C)C[C@@H]3CCC(=O)O)c2c1. The first kappa shape index (κ1) is 24.7. The zero-order valence-electron chi connectivity index (χ0n) is 20.6. The van der Waals surface area contributed by atoms with E-state index in [1.165, 1.54) is 5.56 Å². The van der Waals surface area contributed by atoms with Crippen LogP contribution in [0, 0.1) is 23.7 Å². The number of carboxylic acids is 1. The predicted octanol–water partition coefficient (Wildman–Crippen LogP) is 4.15. The summed E-state index contributed by atoms with van der Waals surface area (Å²) in [5, 5.41) is 10.4. The molecule has 1 aliphatic rings. The van der Waals surface area contributed by atoms with Crippen molar-refractivity contribution >= 4 is 16.9 Å². The number of aryl methyl sites for hydroxylation is 2. The average molecular weight is 475 g/mol. The van der Waals surface area contributed by atoms with Crippen LogP contribution in [0.1, 0.15) is 43.4 Å². The summed E-state index contributed by atoms with van der Waals surface area (Å²) in [5.41, 5.74) is 3.19. The molecule has 3 heterocycles. The number of rotatable bonds is 9. The number of benzene rings is 1. The first-order valence-corrected chi connectivity index (χ1v) is 12.3. The molecule has 3 aromatic rings. The van der Waals surface area contributed by atoms with Crippen molar-refractivity contribution in [3.8, 4) is 17.6 Å². The molecule has 184 valence electrons.